The highest BCUT2D eigenvalue weighted by atomic mass is 35.5. The number of carbonyl (C=O) groups is 1. The van der Waals surface area contributed by atoms with Crippen LogP contribution in [0.5, 0.6) is 11.5 Å². The molecule has 2 aromatic carbocycles. The molecular weight excluding hydrogens is 335 g/mol. The van der Waals surface area contributed by atoms with E-state index in [4.69, 9.17) is 21.1 Å². The summed E-state index contributed by atoms with van der Waals surface area (Å²) in [7, 11) is 3.09. The lowest BCUT2D eigenvalue weighted by Gasteiger charge is -2.18. The summed E-state index contributed by atoms with van der Waals surface area (Å²) in [5.41, 5.74) is 0.990. The van der Waals surface area contributed by atoms with Gasteiger partial charge < -0.3 is 20.1 Å². The van der Waals surface area contributed by atoms with Crippen molar-refractivity contribution in [2.24, 2.45) is 0 Å². The van der Waals surface area contributed by atoms with Crippen molar-refractivity contribution in [3.05, 3.63) is 47.2 Å². The van der Waals surface area contributed by atoms with Crippen molar-refractivity contribution in [1.82, 2.24) is 0 Å². The Bertz CT molecular complexity index is 740. The molecule has 0 fully saturated rings. The number of carbonyl (C=O) groups excluding carboxylic acids is 1. The van der Waals surface area contributed by atoms with Gasteiger partial charge in [0.25, 0.3) is 0 Å². The number of methoxy groups -OCH3 is 2. The zero-order valence-electron chi connectivity index (χ0n) is 13.5. The summed E-state index contributed by atoms with van der Waals surface area (Å²) in [5.74, 6) is 0.412. The Hall–Kier alpha value is -2.47. The normalized spacial score (nSPS) is 11.5. The van der Waals surface area contributed by atoms with Crippen LogP contribution >= 0.6 is 11.6 Å². The summed E-state index contributed by atoms with van der Waals surface area (Å²) in [6.45, 7) is 1.69. The molecule has 2 aromatic rings. The van der Waals surface area contributed by atoms with Crippen LogP contribution in [0.4, 0.5) is 15.8 Å². The fourth-order valence-electron chi connectivity index (χ4n) is 2.05. The second kappa shape index (κ2) is 7.88. The molecule has 0 aliphatic carbocycles. The minimum Gasteiger partial charge on any atom is -0.497 e. The summed E-state index contributed by atoms with van der Waals surface area (Å²) in [4.78, 5) is 12.3. The quantitative estimate of drug-likeness (QED) is 0.826. The molecule has 2 N–H and O–H groups in total. The number of benzene rings is 2. The zero-order chi connectivity index (χ0) is 17.7. The monoisotopic (exact) mass is 352 g/mol. The maximum Gasteiger partial charge on any atom is 0.246 e. The van der Waals surface area contributed by atoms with E-state index in [-0.39, 0.29) is 10.9 Å². The van der Waals surface area contributed by atoms with Crippen LogP contribution in [0.3, 0.4) is 0 Å². The molecule has 0 radical (unpaired) electrons. The van der Waals surface area contributed by atoms with Gasteiger partial charge in [-0.1, -0.05) is 11.6 Å². The first-order valence-electron chi connectivity index (χ1n) is 7.19. The number of anilines is 2. The van der Waals surface area contributed by atoms with Gasteiger partial charge >= 0.3 is 0 Å². The van der Waals surface area contributed by atoms with Gasteiger partial charge in [0, 0.05) is 6.07 Å². The van der Waals surface area contributed by atoms with Gasteiger partial charge in [0.15, 0.2) is 0 Å². The third-order valence-corrected chi connectivity index (χ3v) is 3.68. The average Bonchev–Trinajstić information content (AvgIpc) is 2.57. The summed E-state index contributed by atoms with van der Waals surface area (Å²) < 4.78 is 23.5. The molecule has 0 saturated heterocycles. The molecular formula is C17H18ClFN2O3. The van der Waals surface area contributed by atoms with Gasteiger partial charge in [0.05, 0.1) is 30.6 Å². The Labute approximate surface area is 144 Å². The summed E-state index contributed by atoms with van der Waals surface area (Å²) in [6.07, 6.45) is 0. The lowest BCUT2D eigenvalue weighted by Crippen LogP contribution is -2.32. The number of hydrogen-bond acceptors (Lipinski definition) is 4. The maximum absolute atomic E-state index is 13.0. The highest BCUT2D eigenvalue weighted by Gasteiger charge is 2.16. The van der Waals surface area contributed by atoms with Gasteiger partial charge in [-0.3, -0.25) is 4.79 Å². The van der Waals surface area contributed by atoms with Crippen LogP contribution in [0, 0.1) is 5.82 Å². The van der Waals surface area contributed by atoms with Crippen LogP contribution in [-0.4, -0.2) is 26.2 Å². The molecule has 0 aliphatic heterocycles. The summed E-state index contributed by atoms with van der Waals surface area (Å²) in [6, 6.07) is 8.43. The minimum atomic E-state index is -0.576. The number of ether oxygens (including phenoxy) is 2. The highest BCUT2D eigenvalue weighted by Crippen LogP contribution is 2.30. The van der Waals surface area contributed by atoms with E-state index in [0.29, 0.717) is 22.9 Å². The fourth-order valence-corrected chi connectivity index (χ4v) is 2.26. The average molecular weight is 353 g/mol. The van der Waals surface area contributed by atoms with Crippen molar-refractivity contribution in [2.45, 2.75) is 13.0 Å². The molecule has 0 aromatic heterocycles. The van der Waals surface area contributed by atoms with Crippen LogP contribution in [0.15, 0.2) is 36.4 Å². The number of halogens is 2. The van der Waals surface area contributed by atoms with Gasteiger partial charge in [0.1, 0.15) is 23.4 Å². The van der Waals surface area contributed by atoms with Gasteiger partial charge in [-0.15, -0.1) is 0 Å². The van der Waals surface area contributed by atoms with Gasteiger partial charge in [-0.25, -0.2) is 4.39 Å². The Morgan fingerprint density at radius 1 is 1.12 bits per heavy atom. The lowest BCUT2D eigenvalue weighted by atomic mass is 10.2. The molecule has 0 heterocycles. The predicted molar refractivity (Wildman–Crippen MR) is 92.7 cm³/mol. The van der Waals surface area contributed by atoms with E-state index in [2.05, 4.69) is 10.6 Å². The Balaban J connectivity index is 2.08. The van der Waals surface area contributed by atoms with E-state index >= 15 is 0 Å². The Morgan fingerprint density at radius 2 is 1.83 bits per heavy atom. The number of rotatable bonds is 6. The largest absolute Gasteiger partial charge is 0.497 e. The van der Waals surface area contributed by atoms with Gasteiger partial charge in [0.2, 0.25) is 5.91 Å². The maximum atomic E-state index is 13.0. The van der Waals surface area contributed by atoms with Crippen LogP contribution in [0.2, 0.25) is 5.02 Å². The van der Waals surface area contributed by atoms with E-state index in [1.807, 2.05) is 0 Å². The van der Waals surface area contributed by atoms with E-state index in [0.717, 1.165) is 6.07 Å². The SMILES string of the molecule is COc1ccc(N[C@@H](C)C(=O)Nc2ccc(F)cc2Cl)c(OC)c1. The van der Waals surface area contributed by atoms with Crippen molar-refractivity contribution in [1.29, 1.82) is 0 Å². The molecule has 1 atom stereocenters. The first-order chi connectivity index (χ1) is 11.4. The first kappa shape index (κ1) is 17.9. The molecule has 0 aliphatic rings. The van der Waals surface area contributed by atoms with E-state index in [1.54, 1.807) is 32.2 Å². The molecule has 2 rings (SSSR count). The Kier molecular flexibility index (Phi) is 5.87. The molecule has 24 heavy (non-hydrogen) atoms. The molecule has 5 nitrogen and oxygen atoms in total. The highest BCUT2D eigenvalue weighted by molar-refractivity contribution is 6.33. The van der Waals surface area contributed by atoms with Crippen molar-refractivity contribution >= 4 is 28.9 Å². The first-order valence-corrected chi connectivity index (χ1v) is 7.57. The van der Waals surface area contributed by atoms with Crippen molar-refractivity contribution in [3.63, 3.8) is 0 Å². The van der Waals surface area contributed by atoms with E-state index < -0.39 is 11.9 Å². The predicted octanol–water partition coefficient (Wildman–Crippen LogP) is 3.94. The van der Waals surface area contributed by atoms with Crippen LogP contribution < -0.4 is 20.1 Å². The third-order valence-electron chi connectivity index (χ3n) is 3.36. The molecule has 0 bridgehead atoms. The summed E-state index contributed by atoms with van der Waals surface area (Å²) >= 11 is 5.91. The minimum absolute atomic E-state index is 0.137. The van der Waals surface area contributed by atoms with Crippen LogP contribution in [0.25, 0.3) is 0 Å². The lowest BCUT2D eigenvalue weighted by molar-refractivity contribution is -0.116. The van der Waals surface area contributed by atoms with Crippen molar-refractivity contribution in [2.75, 3.05) is 24.9 Å². The van der Waals surface area contributed by atoms with Gasteiger partial charge in [-0.05, 0) is 37.3 Å². The van der Waals surface area contributed by atoms with E-state index in [1.165, 1.54) is 19.2 Å². The van der Waals surface area contributed by atoms with Crippen molar-refractivity contribution in [3.8, 4) is 11.5 Å². The molecule has 1 amide bonds. The van der Waals surface area contributed by atoms with Crippen LogP contribution in [0.1, 0.15) is 6.92 Å². The standard InChI is InChI=1S/C17H18ClFN2O3/c1-10(17(22)21-14-6-4-11(19)8-13(14)18)20-15-7-5-12(23-2)9-16(15)24-3/h4-10,20H,1-3H3,(H,21,22)/t10-/m0/s1. The smallest absolute Gasteiger partial charge is 0.246 e. The second-order valence-corrected chi connectivity index (χ2v) is 5.45. The second-order valence-electron chi connectivity index (χ2n) is 5.05. The third kappa shape index (κ3) is 4.29. The summed E-state index contributed by atoms with van der Waals surface area (Å²) in [5, 5.41) is 5.84. The number of nitrogens with one attached hydrogen (secondary N) is 2. The molecule has 0 saturated carbocycles. The molecule has 7 heteroatoms. The number of amides is 1. The fraction of sp³-hybridized carbons (Fsp3) is 0.235. The molecule has 0 spiro atoms. The van der Waals surface area contributed by atoms with Gasteiger partial charge in [-0.2, -0.15) is 0 Å². The van der Waals surface area contributed by atoms with Crippen LogP contribution in [-0.2, 0) is 4.79 Å². The topological polar surface area (TPSA) is 59.6 Å². The van der Waals surface area contributed by atoms with E-state index in [9.17, 15) is 9.18 Å². The molecule has 0 unspecified atom stereocenters. The zero-order valence-corrected chi connectivity index (χ0v) is 14.3. The van der Waals surface area contributed by atoms with Crippen molar-refractivity contribution < 1.29 is 18.7 Å². The number of hydrogen-bond donors (Lipinski definition) is 2. The molecule has 128 valence electrons. The Morgan fingerprint density at radius 3 is 2.46 bits per heavy atom.